The summed E-state index contributed by atoms with van der Waals surface area (Å²) in [4.78, 5) is 3.94. The van der Waals surface area contributed by atoms with Crippen molar-refractivity contribution in [3.63, 3.8) is 0 Å². The minimum absolute atomic E-state index is 0.682. The average Bonchev–Trinajstić information content (AvgIpc) is 3.03. The maximum atomic E-state index is 6.02. The van der Waals surface area contributed by atoms with Gasteiger partial charge < -0.3 is 9.73 Å². The molecule has 5 heteroatoms. The lowest BCUT2D eigenvalue weighted by atomic mass is 10.1. The highest BCUT2D eigenvalue weighted by Crippen LogP contribution is 2.24. The first-order chi connectivity index (χ1) is 10.2. The Hall–Kier alpha value is -1.78. The van der Waals surface area contributed by atoms with Crippen molar-refractivity contribution in [3.8, 4) is 11.3 Å². The van der Waals surface area contributed by atoms with Gasteiger partial charge in [-0.05, 0) is 35.9 Å². The van der Waals surface area contributed by atoms with Crippen LogP contribution in [0, 0.1) is 0 Å². The summed E-state index contributed by atoms with van der Waals surface area (Å²) in [6, 6.07) is 13.8. The van der Waals surface area contributed by atoms with Crippen molar-refractivity contribution in [2.24, 2.45) is 0 Å². The third kappa shape index (κ3) is 3.46. The molecular weight excluding hydrogens is 352 g/mol. The fourth-order valence-corrected chi connectivity index (χ4v) is 2.60. The van der Waals surface area contributed by atoms with Gasteiger partial charge in [0.1, 0.15) is 0 Å². The Morgan fingerprint density at radius 1 is 1.19 bits per heavy atom. The van der Waals surface area contributed by atoms with Crippen LogP contribution in [0.15, 0.2) is 63.9 Å². The van der Waals surface area contributed by atoms with Crippen LogP contribution in [0.1, 0.15) is 5.56 Å². The summed E-state index contributed by atoms with van der Waals surface area (Å²) in [5.41, 5.74) is 3.10. The predicted octanol–water partition coefficient (Wildman–Crippen LogP) is 5.37. The van der Waals surface area contributed by atoms with E-state index in [-0.39, 0.29) is 0 Å². The van der Waals surface area contributed by atoms with Gasteiger partial charge in [0.15, 0.2) is 12.2 Å². The molecule has 0 fully saturated rings. The second-order valence-corrected chi connectivity index (χ2v) is 5.83. The van der Waals surface area contributed by atoms with Crippen LogP contribution in [0.25, 0.3) is 11.3 Å². The van der Waals surface area contributed by atoms with Crippen LogP contribution >= 0.6 is 27.5 Å². The molecule has 21 heavy (non-hydrogen) atoms. The molecule has 0 atom stereocenters. The lowest BCUT2D eigenvalue weighted by Crippen LogP contribution is -2.00. The Kier molecular flexibility index (Phi) is 4.27. The molecule has 0 unspecified atom stereocenters. The number of aromatic nitrogens is 1. The van der Waals surface area contributed by atoms with Gasteiger partial charge in [0.05, 0.1) is 6.20 Å². The maximum absolute atomic E-state index is 6.02. The van der Waals surface area contributed by atoms with E-state index in [1.807, 2.05) is 42.5 Å². The molecule has 106 valence electrons. The van der Waals surface area contributed by atoms with Gasteiger partial charge in [0.25, 0.3) is 0 Å². The van der Waals surface area contributed by atoms with E-state index in [0.29, 0.717) is 6.54 Å². The quantitative estimate of drug-likeness (QED) is 0.677. The van der Waals surface area contributed by atoms with Crippen LogP contribution in [-0.2, 0) is 6.54 Å². The van der Waals surface area contributed by atoms with E-state index >= 15 is 0 Å². The lowest BCUT2D eigenvalue weighted by molar-refractivity contribution is 0.572. The van der Waals surface area contributed by atoms with Crippen LogP contribution in [0.3, 0.4) is 0 Å². The molecule has 3 aromatic rings. The molecule has 0 radical (unpaired) electrons. The van der Waals surface area contributed by atoms with Crippen LogP contribution in [0.4, 0.5) is 5.69 Å². The third-order valence-electron chi connectivity index (χ3n) is 3.07. The molecule has 0 bridgehead atoms. The zero-order chi connectivity index (χ0) is 14.7. The Labute approximate surface area is 136 Å². The number of nitrogens with zero attached hydrogens (tertiary/aromatic N) is 1. The molecule has 1 aromatic heterocycles. The van der Waals surface area contributed by atoms with Crippen LogP contribution in [0.5, 0.6) is 0 Å². The summed E-state index contributed by atoms with van der Waals surface area (Å²) in [5, 5.41) is 4.11. The SMILES string of the molecule is Clc1ccc(Br)c(CNc2cccc(-c3cnco3)c2)c1. The molecule has 0 aliphatic carbocycles. The van der Waals surface area contributed by atoms with Gasteiger partial charge in [0, 0.05) is 27.3 Å². The molecular formula is C16H12BrClN2O. The molecule has 0 amide bonds. The third-order valence-corrected chi connectivity index (χ3v) is 4.08. The molecule has 1 heterocycles. The van der Waals surface area contributed by atoms with Crippen LogP contribution in [-0.4, -0.2) is 4.98 Å². The smallest absolute Gasteiger partial charge is 0.181 e. The number of hydrogen-bond donors (Lipinski definition) is 1. The summed E-state index contributed by atoms with van der Waals surface area (Å²) >= 11 is 9.55. The van der Waals surface area contributed by atoms with E-state index in [1.54, 1.807) is 6.20 Å². The fourth-order valence-electron chi connectivity index (χ4n) is 2.02. The molecule has 1 N–H and O–H groups in total. The highest BCUT2D eigenvalue weighted by Gasteiger charge is 2.04. The predicted molar refractivity (Wildman–Crippen MR) is 88.4 cm³/mol. The monoisotopic (exact) mass is 362 g/mol. The number of benzene rings is 2. The van der Waals surface area contributed by atoms with Crippen molar-refractivity contribution in [2.45, 2.75) is 6.54 Å². The first-order valence-corrected chi connectivity index (χ1v) is 7.56. The van der Waals surface area contributed by atoms with E-state index in [2.05, 4.69) is 26.2 Å². The highest BCUT2D eigenvalue weighted by atomic mass is 79.9. The van der Waals surface area contributed by atoms with Crippen molar-refractivity contribution in [3.05, 3.63) is 70.1 Å². The Bertz CT molecular complexity index is 744. The zero-order valence-corrected chi connectivity index (χ0v) is 13.4. The highest BCUT2D eigenvalue weighted by molar-refractivity contribution is 9.10. The normalized spacial score (nSPS) is 10.6. The molecule has 0 spiro atoms. The van der Waals surface area contributed by atoms with Gasteiger partial charge in [-0.3, -0.25) is 0 Å². The Morgan fingerprint density at radius 3 is 2.90 bits per heavy atom. The van der Waals surface area contributed by atoms with E-state index in [0.717, 1.165) is 32.1 Å². The van der Waals surface area contributed by atoms with Crippen LogP contribution in [0.2, 0.25) is 5.02 Å². The molecule has 0 aliphatic rings. The first kappa shape index (κ1) is 14.2. The van der Waals surface area contributed by atoms with Crippen molar-refractivity contribution < 1.29 is 4.42 Å². The van der Waals surface area contributed by atoms with E-state index in [9.17, 15) is 0 Å². The first-order valence-electron chi connectivity index (χ1n) is 6.39. The van der Waals surface area contributed by atoms with Crippen molar-refractivity contribution in [1.82, 2.24) is 4.98 Å². The number of hydrogen-bond acceptors (Lipinski definition) is 3. The van der Waals surface area contributed by atoms with E-state index in [1.165, 1.54) is 6.39 Å². The molecule has 0 saturated heterocycles. The van der Waals surface area contributed by atoms with Gasteiger partial charge in [-0.2, -0.15) is 0 Å². The number of nitrogens with one attached hydrogen (secondary N) is 1. The topological polar surface area (TPSA) is 38.1 Å². The molecule has 3 nitrogen and oxygen atoms in total. The van der Waals surface area contributed by atoms with Crippen molar-refractivity contribution in [2.75, 3.05) is 5.32 Å². The van der Waals surface area contributed by atoms with E-state index in [4.69, 9.17) is 16.0 Å². The van der Waals surface area contributed by atoms with Crippen molar-refractivity contribution in [1.29, 1.82) is 0 Å². The average molecular weight is 364 g/mol. The van der Waals surface area contributed by atoms with Gasteiger partial charge in [-0.15, -0.1) is 0 Å². The molecule has 2 aromatic carbocycles. The van der Waals surface area contributed by atoms with Crippen molar-refractivity contribution >= 4 is 33.2 Å². The Morgan fingerprint density at radius 2 is 2.10 bits per heavy atom. The number of rotatable bonds is 4. The minimum Gasteiger partial charge on any atom is -0.444 e. The largest absolute Gasteiger partial charge is 0.444 e. The fraction of sp³-hybridized carbons (Fsp3) is 0.0625. The summed E-state index contributed by atoms with van der Waals surface area (Å²) in [7, 11) is 0. The number of halogens is 2. The lowest BCUT2D eigenvalue weighted by Gasteiger charge is -2.09. The summed E-state index contributed by atoms with van der Waals surface area (Å²) in [6.45, 7) is 0.682. The zero-order valence-electron chi connectivity index (χ0n) is 11.0. The van der Waals surface area contributed by atoms with Gasteiger partial charge in [-0.25, -0.2) is 4.98 Å². The number of anilines is 1. The van der Waals surface area contributed by atoms with Gasteiger partial charge in [-0.1, -0.05) is 39.7 Å². The summed E-state index contributed by atoms with van der Waals surface area (Å²) < 4.78 is 6.34. The Balaban J connectivity index is 1.76. The molecule has 3 rings (SSSR count). The maximum Gasteiger partial charge on any atom is 0.181 e. The molecule has 0 aliphatic heterocycles. The number of oxazole rings is 1. The standard InChI is InChI=1S/C16H12BrClN2O/c17-15-5-4-13(18)6-12(15)8-20-14-3-1-2-11(7-14)16-9-19-10-21-16/h1-7,9-10,20H,8H2. The van der Waals surface area contributed by atoms with Crippen LogP contribution < -0.4 is 5.32 Å². The summed E-state index contributed by atoms with van der Waals surface area (Å²) in [6.07, 6.45) is 3.13. The van der Waals surface area contributed by atoms with Gasteiger partial charge >= 0.3 is 0 Å². The second-order valence-electron chi connectivity index (χ2n) is 4.54. The minimum atomic E-state index is 0.682. The second kappa shape index (κ2) is 6.33. The molecule has 0 saturated carbocycles. The summed E-state index contributed by atoms with van der Waals surface area (Å²) in [5.74, 6) is 0.752. The van der Waals surface area contributed by atoms with Gasteiger partial charge in [0.2, 0.25) is 0 Å². The van der Waals surface area contributed by atoms with E-state index < -0.39 is 0 Å².